The van der Waals surface area contributed by atoms with E-state index in [0.29, 0.717) is 35.2 Å². The summed E-state index contributed by atoms with van der Waals surface area (Å²) in [6, 6.07) is 1.14. The number of hydrogen-bond acceptors (Lipinski definition) is 8. The van der Waals surface area contributed by atoms with Gasteiger partial charge in [0.05, 0.1) is 17.2 Å². The predicted octanol–water partition coefficient (Wildman–Crippen LogP) is 4.45. The molecule has 1 saturated heterocycles. The number of thiazole rings is 1. The molecule has 1 atom stereocenters. The summed E-state index contributed by atoms with van der Waals surface area (Å²) < 4.78 is 14.3. The van der Waals surface area contributed by atoms with Crippen molar-refractivity contribution in [2.24, 2.45) is 5.92 Å². The second-order valence-corrected chi connectivity index (χ2v) is 9.30. The minimum absolute atomic E-state index is 0.0214. The van der Waals surface area contributed by atoms with Crippen LogP contribution in [0, 0.1) is 18.7 Å². The highest BCUT2D eigenvalue weighted by molar-refractivity contribution is 7.18. The van der Waals surface area contributed by atoms with Gasteiger partial charge < -0.3 is 10.6 Å². The molecule has 1 fully saturated rings. The molecule has 0 spiro atoms. The maximum atomic E-state index is 13.5. The summed E-state index contributed by atoms with van der Waals surface area (Å²) in [5.41, 5.74) is 1.62. The van der Waals surface area contributed by atoms with Gasteiger partial charge in [-0.3, -0.25) is 9.78 Å². The zero-order chi connectivity index (χ0) is 21.8. The first kappa shape index (κ1) is 21.7. The Kier molecular flexibility index (Phi) is 6.82. The molecule has 0 aromatic carbocycles. The van der Waals surface area contributed by atoms with Crippen molar-refractivity contribution in [1.82, 2.24) is 25.3 Å². The molecular weight excluding hydrogens is 415 g/mol. The number of aromatic nitrogens is 4. The van der Waals surface area contributed by atoms with Crippen molar-refractivity contribution in [3.63, 3.8) is 0 Å². The van der Waals surface area contributed by atoms with Gasteiger partial charge in [0.15, 0.2) is 11.4 Å². The maximum Gasteiger partial charge on any atom is 0.225 e. The van der Waals surface area contributed by atoms with E-state index < -0.39 is 5.82 Å². The molecular formula is C22H27FN6OS. The summed E-state index contributed by atoms with van der Waals surface area (Å²) in [7, 11) is 0. The van der Waals surface area contributed by atoms with E-state index in [2.05, 4.69) is 30.6 Å². The van der Waals surface area contributed by atoms with Gasteiger partial charge >= 0.3 is 0 Å². The number of carbonyl (C=O) groups is 1. The molecule has 3 aromatic heterocycles. The highest BCUT2D eigenvalue weighted by Gasteiger charge is 2.20. The van der Waals surface area contributed by atoms with Gasteiger partial charge in [0.1, 0.15) is 16.2 Å². The fraction of sp³-hybridized carbons (Fsp3) is 0.500. The number of nitrogens with zero attached hydrogens (tertiary/aromatic N) is 4. The average molecular weight is 443 g/mol. The number of pyridine rings is 1. The fourth-order valence-corrected chi connectivity index (χ4v) is 4.83. The smallest absolute Gasteiger partial charge is 0.225 e. The van der Waals surface area contributed by atoms with E-state index in [1.807, 2.05) is 13.8 Å². The summed E-state index contributed by atoms with van der Waals surface area (Å²) in [4.78, 5) is 30.4. The number of ketones is 1. The molecule has 0 aliphatic carbocycles. The number of halogens is 1. The van der Waals surface area contributed by atoms with Crippen molar-refractivity contribution in [1.29, 1.82) is 0 Å². The molecule has 4 heterocycles. The summed E-state index contributed by atoms with van der Waals surface area (Å²) >= 11 is 1.44. The Hall–Kier alpha value is -2.52. The number of Topliss-reactive ketones (excluding diaryl/α,β-unsaturated/α-hetero) is 1. The standard InChI is InChI=1S/C22H27FN6OS/c1-13(16-10-17(23)12-25-11-16)26-22-28-19(20-21(29-22)27-14(2)31-20)18(30)5-3-4-15-6-8-24-9-7-15/h10-13,15,24H,3-9H2,1-2H3,(H,26,28,29)/t13-/m0/s1. The van der Waals surface area contributed by atoms with E-state index >= 15 is 0 Å². The van der Waals surface area contributed by atoms with Crippen LogP contribution in [-0.2, 0) is 0 Å². The van der Waals surface area contributed by atoms with Crippen LogP contribution in [0.1, 0.15) is 66.1 Å². The lowest BCUT2D eigenvalue weighted by atomic mass is 9.92. The normalized spacial score (nSPS) is 15.8. The number of fused-ring (bicyclic) bond motifs is 1. The van der Waals surface area contributed by atoms with Gasteiger partial charge in [-0.15, -0.1) is 11.3 Å². The molecule has 3 aromatic rings. The highest BCUT2D eigenvalue weighted by Crippen LogP contribution is 2.28. The van der Waals surface area contributed by atoms with E-state index in [0.717, 1.165) is 41.8 Å². The number of carbonyl (C=O) groups excluding carboxylic acids is 1. The number of piperidine rings is 1. The number of hydrogen-bond donors (Lipinski definition) is 2. The van der Waals surface area contributed by atoms with Gasteiger partial charge in [-0.1, -0.05) is 0 Å². The first-order valence-corrected chi connectivity index (χ1v) is 11.6. The average Bonchev–Trinajstić information content (AvgIpc) is 3.13. The Morgan fingerprint density at radius 2 is 2.10 bits per heavy atom. The number of anilines is 1. The van der Waals surface area contributed by atoms with Crippen LogP contribution in [0.5, 0.6) is 0 Å². The van der Waals surface area contributed by atoms with Crippen LogP contribution in [0.25, 0.3) is 10.3 Å². The number of rotatable bonds is 8. The molecule has 0 unspecified atom stereocenters. The van der Waals surface area contributed by atoms with Crippen LogP contribution in [0.2, 0.25) is 0 Å². The molecule has 164 valence electrons. The van der Waals surface area contributed by atoms with Crippen LogP contribution in [0.15, 0.2) is 18.5 Å². The van der Waals surface area contributed by atoms with Crippen LogP contribution in [0.3, 0.4) is 0 Å². The Labute approximate surface area is 184 Å². The Morgan fingerprint density at radius 3 is 2.87 bits per heavy atom. The minimum atomic E-state index is -0.401. The Bertz CT molecular complexity index is 1070. The zero-order valence-corrected chi connectivity index (χ0v) is 18.6. The Morgan fingerprint density at radius 1 is 1.29 bits per heavy atom. The van der Waals surface area contributed by atoms with Crippen LogP contribution in [-0.4, -0.2) is 38.8 Å². The lowest BCUT2D eigenvalue weighted by molar-refractivity contribution is 0.0974. The molecule has 9 heteroatoms. The zero-order valence-electron chi connectivity index (χ0n) is 17.8. The van der Waals surface area contributed by atoms with Crippen molar-refractivity contribution >= 4 is 33.4 Å². The van der Waals surface area contributed by atoms with E-state index in [1.54, 1.807) is 6.20 Å². The quantitative estimate of drug-likeness (QED) is 0.498. The molecule has 4 rings (SSSR count). The molecule has 1 aliphatic heterocycles. The second-order valence-electron chi connectivity index (χ2n) is 8.09. The van der Waals surface area contributed by atoms with Crippen LogP contribution in [0.4, 0.5) is 10.3 Å². The maximum absolute atomic E-state index is 13.5. The third-order valence-corrected chi connectivity index (χ3v) is 6.64. The molecule has 7 nitrogen and oxygen atoms in total. The first-order valence-electron chi connectivity index (χ1n) is 10.8. The molecule has 0 amide bonds. The van der Waals surface area contributed by atoms with Gasteiger partial charge in [-0.25, -0.2) is 14.4 Å². The van der Waals surface area contributed by atoms with Gasteiger partial charge in [0, 0.05) is 12.6 Å². The topological polar surface area (TPSA) is 92.7 Å². The van der Waals surface area contributed by atoms with Gasteiger partial charge in [-0.05, 0) is 70.2 Å². The van der Waals surface area contributed by atoms with Crippen molar-refractivity contribution in [3.05, 3.63) is 40.5 Å². The summed E-state index contributed by atoms with van der Waals surface area (Å²) in [5, 5.41) is 7.38. The van der Waals surface area contributed by atoms with Crippen molar-refractivity contribution in [2.75, 3.05) is 18.4 Å². The molecule has 0 saturated carbocycles. The van der Waals surface area contributed by atoms with Gasteiger partial charge in [0.2, 0.25) is 5.95 Å². The summed E-state index contributed by atoms with van der Waals surface area (Å²) in [6.45, 7) is 5.90. The van der Waals surface area contributed by atoms with Crippen molar-refractivity contribution in [3.8, 4) is 0 Å². The Balaban J connectivity index is 1.50. The monoisotopic (exact) mass is 442 g/mol. The third-order valence-electron chi connectivity index (χ3n) is 5.67. The predicted molar refractivity (Wildman–Crippen MR) is 120 cm³/mol. The van der Waals surface area contributed by atoms with Crippen LogP contribution < -0.4 is 10.6 Å². The second kappa shape index (κ2) is 9.74. The molecule has 1 aliphatic rings. The third kappa shape index (κ3) is 5.40. The lowest BCUT2D eigenvalue weighted by Crippen LogP contribution is -2.27. The van der Waals surface area contributed by atoms with Crippen LogP contribution >= 0.6 is 11.3 Å². The van der Waals surface area contributed by atoms with Gasteiger partial charge in [0.25, 0.3) is 0 Å². The van der Waals surface area contributed by atoms with E-state index in [1.165, 1.54) is 30.2 Å². The molecule has 31 heavy (non-hydrogen) atoms. The summed E-state index contributed by atoms with van der Waals surface area (Å²) in [6.07, 6.45) is 7.52. The highest BCUT2D eigenvalue weighted by atomic mass is 32.1. The fourth-order valence-electron chi connectivity index (χ4n) is 3.96. The first-order chi connectivity index (χ1) is 15.0. The molecule has 0 radical (unpaired) electrons. The minimum Gasteiger partial charge on any atom is -0.348 e. The van der Waals surface area contributed by atoms with Gasteiger partial charge in [-0.2, -0.15) is 4.98 Å². The van der Waals surface area contributed by atoms with E-state index in [9.17, 15) is 9.18 Å². The van der Waals surface area contributed by atoms with E-state index in [4.69, 9.17) is 0 Å². The molecule has 0 bridgehead atoms. The van der Waals surface area contributed by atoms with Crippen molar-refractivity contribution < 1.29 is 9.18 Å². The molecule has 2 N–H and O–H groups in total. The summed E-state index contributed by atoms with van der Waals surface area (Å²) in [5.74, 6) is 0.634. The van der Waals surface area contributed by atoms with Crippen molar-refractivity contribution in [2.45, 2.75) is 52.0 Å². The largest absolute Gasteiger partial charge is 0.348 e. The number of nitrogens with one attached hydrogen (secondary N) is 2. The SMILES string of the molecule is Cc1nc2nc(N[C@@H](C)c3cncc(F)c3)nc(C(=O)CCCC3CCNCC3)c2s1. The van der Waals surface area contributed by atoms with E-state index in [-0.39, 0.29) is 11.8 Å². The number of aryl methyl sites for hydroxylation is 1. The lowest BCUT2D eigenvalue weighted by Gasteiger charge is -2.22.